The van der Waals surface area contributed by atoms with Crippen LogP contribution in [0.4, 0.5) is 5.69 Å². The lowest BCUT2D eigenvalue weighted by molar-refractivity contribution is -0.126. The van der Waals surface area contributed by atoms with Gasteiger partial charge in [-0.3, -0.25) is 9.59 Å². The van der Waals surface area contributed by atoms with Gasteiger partial charge in [0.1, 0.15) is 11.5 Å². The Kier molecular flexibility index (Phi) is 7.52. The summed E-state index contributed by atoms with van der Waals surface area (Å²) < 4.78 is 16.3. The van der Waals surface area contributed by atoms with Gasteiger partial charge in [-0.1, -0.05) is 24.3 Å². The van der Waals surface area contributed by atoms with Gasteiger partial charge >= 0.3 is 0 Å². The van der Waals surface area contributed by atoms with Crippen LogP contribution < -0.4 is 19.7 Å². The molecule has 1 saturated heterocycles. The van der Waals surface area contributed by atoms with Crippen LogP contribution in [0.3, 0.4) is 0 Å². The molecular formula is C24H30N2O5. The topological polar surface area (TPSA) is 77.1 Å². The highest BCUT2D eigenvalue weighted by Crippen LogP contribution is 2.36. The zero-order chi connectivity index (χ0) is 22.4. The van der Waals surface area contributed by atoms with Crippen molar-refractivity contribution in [3.63, 3.8) is 0 Å². The van der Waals surface area contributed by atoms with E-state index in [-0.39, 0.29) is 24.3 Å². The molecule has 1 fully saturated rings. The maximum atomic E-state index is 12.7. The van der Waals surface area contributed by atoms with Crippen molar-refractivity contribution in [3.8, 4) is 11.5 Å². The summed E-state index contributed by atoms with van der Waals surface area (Å²) in [6.07, 6.45) is 0.349. The number of amides is 2. The third-order valence-electron chi connectivity index (χ3n) is 5.25. The summed E-state index contributed by atoms with van der Waals surface area (Å²) in [7, 11) is 3.12. The maximum absolute atomic E-state index is 12.7. The van der Waals surface area contributed by atoms with Crippen LogP contribution in [-0.4, -0.2) is 38.7 Å². The molecule has 1 atom stereocenters. The van der Waals surface area contributed by atoms with Gasteiger partial charge in [0.15, 0.2) is 0 Å². The van der Waals surface area contributed by atoms with E-state index in [1.165, 1.54) is 0 Å². The standard InChI is InChI=1S/C24H30N2O5/c1-16(2)31-15-18-7-5-17(6-8-18)13-25-24(28)19-11-23(27)26(14-19)21-12-20(29-3)9-10-22(21)30-4/h5-10,12,16,19H,11,13-15H2,1-4H3,(H,25,28). The molecule has 2 aromatic rings. The van der Waals surface area contributed by atoms with E-state index < -0.39 is 5.92 Å². The second-order valence-electron chi connectivity index (χ2n) is 7.84. The van der Waals surface area contributed by atoms with E-state index in [1.54, 1.807) is 37.3 Å². The van der Waals surface area contributed by atoms with Crippen LogP contribution in [0, 0.1) is 5.92 Å². The lowest BCUT2D eigenvalue weighted by Crippen LogP contribution is -2.32. The largest absolute Gasteiger partial charge is 0.497 e. The summed E-state index contributed by atoms with van der Waals surface area (Å²) in [6.45, 7) is 5.29. The molecular weight excluding hydrogens is 396 g/mol. The van der Waals surface area contributed by atoms with Crippen molar-refractivity contribution >= 4 is 17.5 Å². The minimum Gasteiger partial charge on any atom is -0.497 e. The number of methoxy groups -OCH3 is 2. The van der Waals surface area contributed by atoms with E-state index in [9.17, 15) is 9.59 Å². The SMILES string of the molecule is COc1ccc(OC)c(N2CC(C(=O)NCc3ccc(COC(C)C)cc3)CC2=O)c1. The van der Waals surface area contributed by atoms with Crippen LogP contribution in [0.1, 0.15) is 31.4 Å². The minimum atomic E-state index is -0.415. The van der Waals surface area contributed by atoms with Crippen molar-refractivity contribution in [2.24, 2.45) is 5.92 Å². The van der Waals surface area contributed by atoms with Gasteiger partial charge in [0.25, 0.3) is 0 Å². The number of rotatable bonds is 9. The van der Waals surface area contributed by atoms with Crippen molar-refractivity contribution in [1.29, 1.82) is 0 Å². The summed E-state index contributed by atoms with van der Waals surface area (Å²) in [5.74, 6) is 0.531. The van der Waals surface area contributed by atoms with Gasteiger partial charge in [0, 0.05) is 25.6 Å². The number of ether oxygens (including phenoxy) is 3. The number of nitrogens with one attached hydrogen (secondary N) is 1. The maximum Gasteiger partial charge on any atom is 0.227 e. The monoisotopic (exact) mass is 426 g/mol. The Hall–Kier alpha value is -3.06. The summed E-state index contributed by atoms with van der Waals surface area (Å²) in [5.41, 5.74) is 2.70. The summed E-state index contributed by atoms with van der Waals surface area (Å²) in [6, 6.07) is 13.2. The van der Waals surface area contributed by atoms with Gasteiger partial charge < -0.3 is 24.4 Å². The molecule has 1 aliphatic heterocycles. The molecule has 0 radical (unpaired) electrons. The molecule has 0 aliphatic carbocycles. The summed E-state index contributed by atoms with van der Waals surface area (Å²) in [4.78, 5) is 26.9. The fraction of sp³-hybridized carbons (Fsp3) is 0.417. The minimum absolute atomic E-state index is 0.110. The molecule has 0 spiro atoms. The number of carbonyl (C=O) groups is 2. The van der Waals surface area contributed by atoms with Gasteiger partial charge in [-0.05, 0) is 37.1 Å². The highest BCUT2D eigenvalue weighted by Gasteiger charge is 2.36. The van der Waals surface area contributed by atoms with Gasteiger partial charge in [0.2, 0.25) is 11.8 Å². The quantitative estimate of drug-likeness (QED) is 0.666. The molecule has 166 valence electrons. The zero-order valence-corrected chi connectivity index (χ0v) is 18.5. The first-order valence-electron chi connectivity index (χ1n) is 10.4. The van der Waals surface area contributed by atoms with E-state index in [0.29, 0.717) is 36.9 Å². The van der Waals surface area contributed by atoms with Crippen LogP contribution in [0.25, 0.3) is 0 Å². The predicted octanol–water partition coefficient (Wildman–Crippen LogP) is 3.30. The number of anilines is 1. The van der Waals surface area contributed by atoms with Gasteiger partial charge in [-0.15, -0.1) is 0 Å². The molecule has 2 amide bonds. The van der Waals surface area contributed by atoms with Crippen LogP contribution in [0.2, 0.25) is 0 Å². The molecule has 7 heteroatoms. The Morgan fingerprint density at radius 3 is 2.45 bits per heavy atom. The molecule has 0 saturated carbocycles. The number of carbonyl (C=O) groups excluding carboxylic acids is 2. The fourth-order valence-electron chi connectivity index (χ4n) is 3.47. The smallest absolute Gasteiger partial charge is 0.227 e. The first-order chi connectivity index (χ1) is 14.9. The van der Waals surface area contributed by atoms with E-state index in [1.807, 2.05) is 38.1 Å². The number of nitrogens with zero attached hydrogens (tertiary/aromatic N) is 1. The molecule has 31 heavy (non-hydrogen) atoms. The van der Waals surface area contributed by atoms with E-state index in [0.717, 1.165) is 11.1 Å². The highest BCUT2D eigenvalue weighted by molar-refractivity contribution is 6.01. The molecule has 7 nitrogen and oxygen atoms in total. The first kappa shape index (κ1) is 22.6. The Labute approximate surface area is 183 Å². The third kappa shape index (κ3) is 5.76. The third-order valence-corrected chi connectivity index (χ3v) is 5.25. The molecule has 0 bridgehead atoms. The molecule has 1 N–H and O–H groups in total. The Morgan fingerprint density at radius 1 is 1.10 bits per heavy atom. The van der Waals surface area contributed by atoms with Crippen molar-refractivity contribution in [1.82, 2.24) is 5.32 Å². The number of benzene rings is 2. The highest BCUT2D eigenvalue weighted by atomic mass is 16.5. The molecule has 0 aromatic heterocycles. The lowest BCUT2D eigenvalue weighted by Gasteiger charge is -2.20. The Morgan fingerprint density at radius 2 is 1.81 bits per heavy atom. The molecule has 1 aliphatic rings. The summed E-state index contributed by atoms with van der Waals surface area (Å²) >= 11 is 0. The zero-order valence-electron chi connectivity index (χ0n) is 18.5. The van der Waals surface area contributed by atoms with Crippen molar-refractivity contribution in [2.75, 3.05) is 25.7 Å². The average molecular weight is 427 g/mol. The van der Waals surface area contributed by atoms with Crippen molar-refractivity contribution in [2.45, 2.75) is 39.5 Å². The molecule has 3 rings (SSSR count). The van der Waals surface area contributed by atoms with Crippen LogP contribution in [-0.2, 0) is 27.5 Å². The second-order valence-corrected chi connectivity index (χ2v) is 7.84. The van der Waals surface area contributed by atoms with E-state index >= 15 is 0 Å². The molecule has 1 heterocycles. The molecule has 1 unspecified atom stereocenters. The molecule has 2 aromatic carbocycles. The number of hydrogen-bond donors (Lipinski definition) is 1. The fourth-order valence-corrected chi connectivity index (χ4v) is 3.47. The summed E-state index contributed by atoms with van der Waals surface area (Å²) in [5, 5.41) is 2.95. The van der Waals surface area contributed by atoms with Crippen molar-refractivity contribution < 1.29 is 23.8 Å². The van der Waals surface area contributed by atoms with Gasteiger partial charge in [-0.2, -0.15) is 0 Å². The lowest BCUT2D eigenvalue weighted by atomic mass is 10.1. The average Bonchev–Trinajstić information content (AvgIpc) is 3.17. The van der Waals surface area contributed by atoms with E-state index in [4.69, 9.17) is 14.2 Å². The van der Waals surface area contributed by atoms with Gasteiger partial charge in [-0.25, -0.2) is 0 Å². The predicted molar refractivity (Wildman–Crippen MR) is 118 cm³/mol. The second kappa shape index (κ2) is 10.3. The number of hydrogen-bond acceptors (Lipinski definition) is 5. The van der Waals surface area contributed by atoms with E-state index in [2.05, 4.69) is 5.32 Å². The first-order valence-corrected chi connectivity index (χ1v) is 10.4. The van der Waals surface area contributed by atoms with Crippen LogP contribution in [0.5, 0.6) is 11.5 Å². The van der Waals surface area contributed by atoms with Gasteiger partial charge in [0.05, 0.1) is 38.5 Å². The van der Waals surface area contributed by atoms with Crippen molar-refractivity contribution in [3.05, 3.63) is 53.6 Å². The van der Waals surface area contributed by atoms with Crippen LogP contribution >= 0.6 is 0 Å². The normalized spacial score (nSPS) is 16.0. The Balaban J connectivity index is 1.58. The van der Waals surface area contributed by atoms with Crippen LogP contribution in [0.15, 0.2) is 42.5 Å². The Bertz CT molecular complexity index is 911.